The molecule has 0 spiro atoms. The van der Waals surface area contributed by atoms with Gasteiger partial charge in [-0.15, -0.1) is 24.0 Å². The van der Waals surface area contributed by atoms with Gasteiger partial charge in [-0.2, -0.15) is 0 Å². The molecule has 1 unspecified atom stereocenters. The van der Waals surface area contributed by atoms with Gasteiger partial charge in [0.25, 0.3) is 0 Å². The number of hydrogen-bond acceptors (Lipinski definition) is 5. The van der Waals surface area contributed by atoms with Crippen molar-refractivity contribution in [3.05, 3.63) is 48.4 Å². The lowest BCUT2D eigenvalue weighted by Gasteiger charge is -2.15. The van der Waals surface area contributed by atoms with Gasteiger partial charge in [-0.25, -0.2) is 0 Å². The lowest BCUT2D eigenvalue weighted by molar-refractivity contribution is 0.105. The summed E-state index contributed by atoms with van der Waals surface area (Å²) >= 11 is 0. The fourth-order valence-corrected chi connectivity index (χ4v) is 3.51. The number of hydrogen-bond donors (Lipinski definition) is 2. The van der Waals surface area contributed by atoms with Crippen molar-refractivity contribution in [2.45, 2.75) is 39.4 Å². The number of anilines is 1. The van der Waals surface area contributed by atoms with Crippen LogP contribution in [0, 0.1) is 5.92 Å². The molecule has 0 bridgehead atoms. The Morgan fingerprint density at radius 3 is 2.72 bits per heavy atom. The summed E-state index contributed by atoms with van der Waals surface area (Å²) in [6, 6.07) is 11.8. The summed E-state index contributed by atoms with van der Waals surface area (Å²) in [5.41, 5.74) is 0.986. The van der Waals surface area contributed by atoms with Crippen molar-refractivity contribution in [1.29, 1.82) is 0 Å². The second kappa shape index (κ2) is 14.4. The Kier molecular flexibility index (Phi) is 11.9. The molecule has 1 saturated heterocycles. The van der Waals surface area contributed by atoms with E-state index in [0.29, 0.717) is 19.1 Å². The van der Waals surface area contributed by atoms with Gasteiger partial charge in [0.15, 0.2) is 5.96 Å². The lowest BCUT2D eigenvalue weighted by atomic mass is 10.1. The highest BCUT2D eigenvalue weighted by Gasteiger charge is 2.19. The van der Waals surface area contributed by atoms with Gasteiger partial charge in [0.1, 0.15) is 18.1 Å². The molecule has 1 aliphatic rings. The van der Waals surface area contributed by atoms with Gasteiger partial charge in [-0.1, -0.05) is 0 Å². The Morgan fingerprint density at radius 2 is 2.06 bits per heavy atom. The molecule has 0 saturated carbocycles. The van der Waals surface area contributed by atoms with Gasteiger partial charge < -0.3 is 29.4 Å². The van der Waals surface area contributed by atoms with E-state index in [1.54, 1.807) is 6.26 Å². The highest BCUT2D eigenvalue weighted by molar-refractivity contribution is 14.0. The number of furan rings is 1. The standard InChI is InChI=1S/C24H36N4O3.HI/c1-19(2)31-22-9-7-21(8-10-22)27-24(26-16-20-11-13-28(3)17-20)25-12-5-14-29-18-23-6-4-15-30-23;/h4,6-10,15,19-20H,5,11-14,16-18H2,1-3H3,(H2,25,26,27);1H. The van der Waals surface area contributed by atoms with Crippen molar-refractivity contribution in [1.82, 2.24) is 10.2 Å². The van der Waals surface area contributed by atoms with Crippen molar-refractivity contribution in [3.63, 3.8) is 0 Å². The topological polar surface area (TPSA) is 71.3 Å². The van der Waals surface area contributed by atoms with Crippen LogP contribution in [-0.4, -0.2) is 56.8 Å². The summed E-state index contributed by atoms with van der Waals surface area (Å²) in [6.07, 6.45) is 3.92. The summed E-state index contributed by atoms with van der Waals surface area (Å²) in [4.78, 5) is 7.21. The first-order chi connectivity index (χ1) is 15.1. The molecule has 0 aliphatic carbocycles. The van der Waals surface area contributed by atoms with Crippen LogP contribution in [0.4, 0.5) is 5.69 Å². The number of halogens is 1. The maximum Gasteiger partial charge on any atom is 0.195 e. The molecule has 1 aromatic carbocycles. The summed E-state index contributed by atoms with van der Waals surface area (Å²) in [5.74, 6) is 3.14. The van der Waals surface area contributed by atoms with Crippen molar-refractivity contribution in [2.75, 3.05) is 45.2 Å². The molecule has 2 aromatic rings. The number of aliphatic imine (C=N–C) groups is 1. The van der Waals surface area contributed by atoms with Crippen molar-refractivity contribution >= 4 is 35.6 Å². The van der Waals surface area contributed by atoms with Gasteiger partial charge in [-0.3, -0.25) is 4.99 Å². The number of rotatable bonds is 11. The Bertz CT molecular complexity index is 781. The third-order valence-electron chi connectivity index (χ3n) is 5.07. The highest BCUT2D eigenvalue weighted by atomic mass is 127. The molecule has 32 heavy (non-hydrogen) atoms. The van der Waals surface area contributed by atoms with E-state index in [1.165, 1.54) is 6.42 Å². The molecule has 0 radical (unpaired) electrons. The molecule has 1 aromatic heterocycles. The van der Waals surface area contributed by atoms with Gasteiger partial charge >= 0.3 is 0 Å². The first kappa shape index (κ1) is 26.5. The monoisotopic (exact) mass is 556 g/mol. The molecule has 7 nitrogen and oxygen atoms in total. The summed E-state index contributed by atoms with van der Waals surface area (Å²) < 4.78 is 16.7. The van der Waals surface area contributed by atoms with Crippen LogP contribution < -0.4 is 15.4 Å². The van der Waals surface area contributed by atoms with Crippen molar-refractivity contribution in [3.8, 4) is 5.75 Å². The predicted molar refractivity (Wildman–Crippen MR) is 140 cm³/mol. The molecule has 1 aliphatic heterocycles. The second-order valence-electron chi connectivity index (χ2n) is 8.33. The van der Waals surface area contributed by atoms with E-state index in [1.807, 2.05) is 50.2 Å². The van der Waals surface area contributed by atoms with Crippen LogP contribution in [0.15, 0.2) is 52.1 Å². The predicted octanol–water partition coefficient (Wildman–Crippen LogP) is 4.60. The number of nitrogens with one attached hydrogen (secondary N) is 2. The normalized spacial score (nSPS) is 16.8. The molecular formula is C24H37IN4O3. The van der Waals surface area contributed by atoms with Crippen LogP contribution in [0.3, 0.4) is 0 Å². The lowest BCUT2D eigenvalue weighted by Crippen LogP contribution is -2.33. The third-order valence-corrected chi connectivity index (χ3v) is 5.07. The van der Waals surface area contributed by atoms with Crippen LogP contribution in [0.2, 0.25) is 0 Å². The third kappa shape index (κ3) is 9.79. The first-order valence-electron chi connectivity index (χ1n) is 11.2. The highest BCUT2D eigenvalue weighted by Crippen LogP contribution is 2.17. The number of nitrogens with zero attached hydrogens (tertiary/aromatic N) is 2. The van der Waals surface area contributed by atoms with Crippen LogP contribution in [0.5, 0.6) is 5.75 Å². The summed E-state index contributed by atoms with van der Waals surface area (Å²) in [7, 11) is 2.17. The van der Waals surface area contributed by atoms with Crippen LogP contribution in [0.25, 0.3) is 0 Å². The van der Waals surface area contributed by atoms with E-state index < -0.39 is 0 Å². The van der Waals surface area contributed by atoms with Gasteiger partial charge in [0.05, 0.1) is 12.4 Å². The Balaban J connectivity index is 0.00000363. The fraction of sp³-hybridized carbons (Fsp3) is 0.542. The minimum atomic E-state index is 0. The summed E-state index contributed by atoms with van der Waals surface area (Å²) in [6.45, 7) is 9.09. The summed E-state index contributed by atoms with van der Waals surface area (Å²) in [5, 5.41) is 6.86. The van der Waals surface area contributed by atoms with Crippen LogP contribution >= 0.6 is 24.0 Å². The molecule has 8 heteroatoms. The van der Waals surface area contributed by atoms with Gasteiger partial charge in [-0.05, 0) is 82.6 Å². The molecule has 2 heterocycles. The van der Waals surface area contributed by atoms with Crippen molar-refractivity contribution < 1.29 is 13.9 Å². The number of benzene rings is 1. The van der Waals surface area contributed by atoms with Gasteiger partial charge in [0.2, 0.25) is 0 Å². The average Bonchev–Trinajstić information content (AvgIpc) is 3.41. The first-order valence-corrected chi connectivity index (χ1v) is 11.2. The van der Waals surface area contributed by atoms with E-state index in [4.69, 9.17) is 18.9 Å². The SMILES string of the molecule is CC(C)Oc1ccc(NC(=NCC2CCN(C)C2)NCCCOCc2ccco2)cc1.I. The Hall–Kier alpha value is -1.78. The molecule has 0 amide bonds. The largest absolute Gasteiger partial charge is 0.491 e. The quantitative estimate of drug-likeness (QED) is 0.183. The van der Waals surface area contributed by atoms with E-state index in [0.717, 1.165) is 55.8 Å². The minimum absolute atomic E-state index is 0. The maximum atomic E-state index is 5.73. The molecule has 1 atom stereocenters. The van der Waals surface area contributed by atoms with E-state index in [2.05, 4.69) is 22.6 Å². The zero-order valence-electron chi connectivity index (χ0n) is 19.4. The minimum Gasteiger partial charge on any atom is -0.491 e. The van der Waals surface area contributed by atoms with E-state index >= 15 is 0 Å². The Morgan fingerprint density at radius 1 is 1.25 bits per heavy atom. The smallest absolute Gasteiger partial charge is 0.195 e. The second-order valence-corrected chi connectivity index (χ2v) is 8.33. The average molecular weight is 556 g/mol. The van der Waals surface area contributed by atoms with Crippen molar-refractivity contribution in [2.24, 2.45) is 10.9 Å². The fourth-order valence-electron chi connectivity index (χ4n) is 3.51. The molecule has 1 fully saturated rings. The maximum absolute atomic E-state index is 5.73. The Labute approximate surface area is 209 Å². The van der Waals surface area contributed by atoms with Crippen LogP contribution in [-0.2, 0) is 11.3 Å². The molecule has 3 rings (SSSR count). The van der Waals surface area contributed by atoms with E-state index in [-0.39, 0.29) is 30.1 Å². The molecular weight excluding hydrogens is 519 g/mol. The van der Waals surface area contributed by atoms with Crippen LogP contribution in [0.1, 0.15) is 32.4 Å². The molecule has 178 valence electrons. The molecule has 2 N–H and O–H groups in total. The zero-order valence-corrected chi connectivity index (χ0v) is 21.7. The number of likely N-dealkylation sites (tertiary alicyclic amines) is 1. The number of ether oxygens (including phenoxy) is 2. The van der Waals surface area contributed by atoms with E-state index in [9.17, 15) is 0 Å². The van der Waals surface area contributed by atoms with Gasteiger partial charge in [0, 0.05) is 31.9 Å². The number of guanidine groups is 1. The zero-order chi connectivity index (χ0) is 21.9.